The third-order valence-corrected chi connectivity index (χ3v) is 5.71. The fraction of sp³-hybridized carbons (Fsp3) is 0.500. The van der Waals surface area contributed by atoms with Gasteiger partial charge in [-0.1, -0.05) is 25.1 Å². The number of rotatable bonds is 12. The molecule has 0 spiro atoms. The average Bonchev–Trinajstić information content (AvgIpc) is 3.27. The molecule has 30 heavy (non-hydrogen) atoms. The maximum absolute atomic E-state index is 5.90. The highest BCUT2D eigenvalue weighted by atomic mass is 127. The number of hydrogen-bond donors (Lipinski definition) is 2. The summed E-state index contributed by atoms with van der Waals surface area (Å²) in [6.45, 7) is 6.92. The normalized spacial score (nSPS) is 12.4. The molecule has 0 amide bonds. The highest BCUT2D eigenvalue weighted by Gasteiger charge is 2.07. The number of nitrogens with zero attached hydrogens (tertiary/aromatic N) is 2. The van der Waals surface area contributed by atoms with E-state index in [1.54, 1.807) is 25.5 Å². The lowest BCUT2D eigenvalue weighted by Gasteiger charge is -2.17. The fourth-order valence-electron chi connectivity index (χ4n) is 2.75. The van der Waals surface area contributed by atoms with Gasteiger partial charge in [0, 0.05) is 51.1 Å². The molecular formula is C22H35IN4O2S. The molecule has 0 aliphatic rings. The average molecular weight is 547 g/mol. The second-order valence-corrected chi connectivity index (χ2v) is 7.99. The second-order valence-electron chi connectivity index (χ2n) is 7.02. The summed E-state index contributed by atoms with van der Waals surface area (Å²) in [6, 6.07) is 12.4. The number of halogens is 1. The number of methoxy groups -OCH3 is 1. The van der Waals surface area contributed by atoms with Crippen molar-refractivity contribution in [2.45, 2.75) is 19.4 Å². The molecule has 0 saturated heterocycles. The molecule has 1 aromatic heterocycles. The van der Waals surface area contributed by atoms with Gasteiger partial charge in [-0.3, -0.25) is 4.99 Å². The quantitative estimate of drug-likeness (QED) is 0.241. The van der Waals surface area contributed by atoms with Crippen LogP contribution >= 0.6 is 35.3 Å². The zero-order valence-corrected chi connectivity index (χ0v) is 21.5. The fourth-order valence-corrected chi connectivity index (χ4v) is 3.54. The van der Waals surface area contributed by atoms with Crippen molar-refractivity contribution in [2.24, 2.45) is 4.99 Å². The van der Waals surface area contributed by atoms with Crippen LogP contribution in [0.25, 0.3) is 0 Å². The molecule has 0 fully saturated rings. The largest absolute Gasteiger partial charge is 0.492 e. The minimum Gasteiger partial charge on any atom is -0.492 e. The van der Waals surface area contributed by atoms with Gasteiger partial charge in [0.2, 0.25) is 0 Å². The van der Waals surface area contributed by atoms with Crippen molar-refractivity contribution in [3.05, 3.63) is 52.2 Å². The van der Waals surface area contributed by atoms with Crippen LogP contribution in [0, 0.1) is 0 Å². The molecular weight excluding hydrogens is 511 g/mol. The number of likely N-dealkylation sites (N-methyl/N-ethyl adjacent to an activating group) is 1. The van der Waals surface area contributed by atoms with E-state index in [1.165, 1.54) is 4.88 Å². The maximum Gasteiger partial charge on any atom is 0.191 e. The van der Waals surface area contributed by atoms with Gasteiger partial charge in [0.05, 0.1) is 6.61 Å². The van der Waals surface area contributed by atoms with Crippen LogP contribution in [-0.2, 0) is 11.3 Å². The molecule has 168 valence electrons. The van der Waals surface area contributed by atoms with Gasteiger partial charge in [-0.25, -0.2) is 0 Å². The smallest absolute Gasteiger partial charge is 0.191 e. The van der Waals surface area contributed by atoms with Crippen molar-refractivity contribution >= 4 is 41.3 Å². The number of ether oxygens (including phenoxy) is 2. The molecule has 8 heteroatoms. The minimum atomic E-state index is 0. The molecule has 0 aliphatic heterocycles. The summed E-state index contributed by atoms with van der Waals surface area (Å²) in [4.78, 5) is 7.90. The summed E-state index contributed by atoms with van der Waals surface area (Å²) in [5.41, 5.74) is 1.16. The Bertz CT molecular complexity index is 728. The zero-order valence-electron chi connectivity index (χ0n) is 18.4. The van der Waals surface area contributed by atoms with Crippen LogP contribution < -0.4 is 15.4 Å². The van der Waals surface area contributed by atoms with Crippen molar-refractivity contribution in [3.8, 4) is 5.75 Å². The van der Waals surface area contributed by atoms with Gasteiger partial charge in [0.1, 0.15) is 12.4 Å². The van der Waals surface area contributed by atoms with Crippen molar-refractivity contribution < 1.29 is 9.47 Å². The van der Waals surface area contributed by atoms with Crippen LogP contribution in [0.5, 0.6) is 5.75 Å². The third-order valence-electron chi connectivity index (χ3n) is 4.61. The first-order valence-electron chi connectivity index (χ1n) is 9.99. The van der Waals surface area contributed by atoms with Gasteiger partial charge in [0.15, 0.2) is 5.96 Å². The summed E-state index contributed by atoms with van der Waals surface area (Å²) in [6.07, 6.45) is 0. The van der Waals surface area contributed by atoms with E-state index in [9.17, 15) is 0 Å². The lowest BCUT2D eigenvalue weighted by Crippen LogP contribution is -2.38. The van der Waals surface area contributed by atoms with E-state index in [4.69, 9.17) is 9.47 Å². The first-order chi connectivity index (χ1) is 14.1. The van der Waals surface area contributed by atoms with Crippen molar-refractivity contribution in [2.75, 3.05) is 54.1 Å². The van der Waals surface area contributed by atoms with Crippen LogP contribution in [0.3, 0.4) is 0 Å². The zero-order chi connectivity index (χ0) is 20.9. The van der Waals surface area contributed by atoms with E-state index >= 15 is 0 Å². The molecule has 0 aliphatic carbocycles. The van der Waals surface area contributed by atoms with Crippen molar-refractivity contribution in [3.63, 3.8) is 0 Å². The van der Waals surface area contributed by atoms with Gasteiger partial charge in [0.25, 0.3) is 0 Å². The standard InChI is InChI=1S/C22H34N4O2S.HI/c1-18(21-9-6-14-29-21)16-24-22(23-2)25-17-19-7-5-8-20(15-19)28-13-11-26(3)10-12-27-4;/h5-9,14-15,18H,10-13,16-17H2,1-4H3,(H2,23,24,25);1H. The molecule has 0 radical (unpaired) electrons. The Morgan fingerprint density at radius 2 is 1.97 bits per heavy atom. The van der Waals surface area contributed by atoms with Gasteiger partial charge in [-0.2, -0.15) is 0 Å². The molecule has 2 N–H and O–H groups in total. The summed E-state index contributed by atoms with van der Waals surface area (Å²) in [5, 5.41) is 8.90. The van der Waals surface area contributed by atoms with Crippen LogP contribution in [0.4, 0.5) is 0 Å². The van der Waals surface area contributed by atoms with Crippen molar-refractivity contribution in [1.29, 1.82) is 0 Å². The Balaban J connectivity index is 0.00000450. The first-order valence-corrected chi connectivity index (χ1v) is 10.9. The topological polar surface area (TPSA) is 58.1 Å². The Morgan fingerprint density at radius 3 is 2.67 bits per heavy atom. The monoisotopic (exact) mass is 546 g/mol. The number of benzene rings is 1. The predicted molar refractivity (Wildman–Crippen MR) is 138 cm³/mol. The van der Waals surface area contributed by atoms with E-state index in [2.05, 4.69) is 64.1 Å². The van der Waals surface area contributed by atoms with Crippen LogP contribution in [0.2, 0.25) is 0 Å². The van der Waals surface area contributed by atoms with E-state index in [0.29, 0.717) is 19.1 Å². The Morgan fingerprint density at radius 1 is 1.17 bits per heavy atom. The van der Waals surface area contributed by atoms with Crippen molar-refractivity contribution in [1.82, 2.24) is 15.5 Å². The highest BCUT2D eigenvalue weighted by molar-refractivity contribution is 14.0. The Hall–Kier alpha value is -1.36. The predicted octanol–water partition coefficient (Wildman–Crippen LogP) is 3.79. The molecule has 0 bridgehead atoms. The summed E-state index contributed by atoms with van der Waals surface area (Å²) >= 11 is 1.79. The summed E-state index contributed by atoms with van der Waals surface area (Å²) in [7, 11) is 5.59. The maximum atomic E-state index is 5.90. The number of aliphatic imine (C=N–C) groups is 1. The minimum absolute atomic E-state index is 0. The highest BCUT2D eigenvalue weighted by Crippen LogP contribution is 2.19. The number of thiophene rings is 1. The molecule has 1 unspecified atom stereocenters. The van der Waals surface area contributed by atoms with Crippen LogP contribution in [-0.4, -0.2) is 64.9 Å². The van der Waals surface area contributed by atoms with Crippen LogP contribution in [0.15, 0.2) is 46.8 Å². The molecule has 2 rings (SSSR count). The van der Waals surface area contributed by atoms with E-state index < -0.39 is 0 Å². The lowest BCUT2D eigenvalue weighted by molar-refractivity contribution is 0.150. The molecule has 0 saturated carbocycles. The number of guanidine groups is 1. The Labute approximate surface area is 202 Å². The lowest BCUT2D eigenvalue weighted by atomic mass is 10.1. The molecule has 6 nitrogen and oxygen atoms in total. The summed E-state index contributed by atoms with van der Waals surface area (Å²) in [5.74, 6) is 2.14. The third kappa shape index (κ3) is 10.1. The second kappa shape index (κ2) is 15.4. The van der Waals surface area contributed by atoms with E-state index in [0.717, 1.165) is 43.5 Å². The molecule has 1 heterocycles. The van der Waals surface area contributed by atoms with E-state index in [-0.39, 0.29) is 24.0 Å². The first kappa shape index (κ1) is 26.7. The summed E-state index contributed by atoms with van der Waals surface area (Å²) < 4.78 is 11.0. The SMILES string of the molecule is CN=C(NCc1cccc(OCCN(C)CCOC)c1)NCC(C)c1cccs1.I. The Kier molecular flexibility index (Phi) is 13.7. The van der Waals surface area contributed by atoms with Gasteiger partial charge in [-0.05, 0) is 36.2 Å². The van der Waals surface area contributed by atoms with E-state index in [1.807, 2.05) is 12.1 Å². The molecule has 1 aromatic carbocycles. The van der Waals surface area contributed by atoms with Gasteiger partial charge >= 0.3 is 0 Å². The molecule has 2 aromatic rings. The molecule has 1 atom stereocenters. The number of hydrogen-bond acceptors (Lipinski definition) is 5. The number of nitrogens with one attached hydrogen (secondary N) is 2. The van der Waals surface area contributed by atoms with Crippen LogP contribution in [0.1, 0.15) is 23.3 Å². The van der Waals surface area contributed by atoms with Gasteiger partial charge < -0.3 is 25.0 Å². The van der Waals surface area contributed by atoms with Gasteiger partial charge in [-0.15, -0.1) is 35.3 Å².